The summed E-state index contributed by atoms with van der Waals surface area (Å²) in [6.45, 7) is 4.54. The average molecular weight is 426 g/mol. The zero-order valence-electron chi connectivity index (χ0n) is 16.9. The summed E-state index contributed by atoms with van der Waals surface area (Å²) in [5.74, 6) is 3.73. The zero-order valence-corrected chi connectivity index (χ0v) is 18.5. The highest BCUT2D eigenvalue weighted by Crippen LogP contribution is 2.38. The van der Waals surface area contributed by atoms with Crippen LogP contribution < -0.4 is 30.8 Å². The quantitative estimate of drug-likeness (QED) is 0.547. The molecule has 1 aromatic carbocycles. The maximum atomic E-state index is 5.45. The van der Waals surface area contributed by atoms with E-state index >= 15 is 0 Å². The highest BCUT2D eigenvalue weighted by atomic mass is 32.2. The molecule has 6 atom stereocenters. The molecule has 0 aromatic heterocycles. The lowest BCUT2D eigenvalue weighted by molar-refractivity contribution is 0.0473. The van der Waals surface area contributed by atoms with E-state index < -0.39 is 0 Å². The van der Waals surface area contributed by atoms with E-state index in [1.807, 2.05) is 29.6 Å². The molecular formula is C19H31N5O2S2. The Bertz CT molecular complexity index is 682. The van der Waals surface area contributed by atoms with Crippen LogP contribution in [0.4, 0.5) is 0 Å². The second kappa shape index (κ2) is 8.99. The number of fused-ring (bicyclic) bond motifs is 1. The minimum atomic E-state index is 0.224. The first-order valence-electron chi connectivity index (χ1n) is 9.85. The van der Waals surface area contributed by atoms with Gasteiger partial charge < -0.3 is 9.47 Å². The molecule has 0 spiro atoms. The number of hydrazine groups is 1. The average Bonchev–Trinajstić information content (AvgIpc) is 3.32. The molecule has 0 radical (unpaired) electrons. The second-order valence-corrected chi connectivity index (χ2v) is 9.94. The molecule has 0 bridgehead atoms. The van der Waals surface area contributed by atoms with Crippen molar-refractivity contribution in [1.82, 2.24) is 26.4 Å². The van der Waals surface area contributed by atoms with Crippen molar-refractivity contribution in [2.45, 2.75) is 55.6 Å². The first-order valence-corrected chi connectivity index (χ1v) is 11.9. The Balaban J connectivity index is 1.28. The fourth-order valence-corrected chi connectivity index (χ4v) is 6.54. The van der Waals surface area contributed by atoms with Crippen LogP contribution in [0.3, 0.4) is 0 Å². The van der Waals surface area contributed by atoms with Gasteiger partial charge in [-0.05, 0) is 38.0 Å². The van der Waals surface area contributed by atoms with Crippen LogP contribution in [0.25, 0.3) is 0 Å². The first-order chi connectivity index (χ1) is 13.6. The molecule has 1 aromatic rings. The third kappa shape index (κ3) is 4.40. The Hall–Kier alpha value is -0.680. The number of benzene rings is 1. The standard InChI is InChI=1S/C19H31N5O2S2/c1-11-7-12(2)24-18(20-11)22-19(23-24)28-10-14-9-27-17(21-14)13-5-6-15(25-3)16(8-13)26-4/h5-6,8,11-12,14,17-23H,7,9-10H2,1-4H3. The fourth-order valence-electron chi connectivity index (χ4n) is 4.07. The van der Waals surface area contributed by atoms with E-state index in [2.05, 4.69) is 52.4 Å². The molecule has 156 valence electrons. The summed E-state index contributed by atoms with van der Waals surface area (Å²) in [5.41, 5.74) is 5.10. The van der Waals surface area contributed by atoms with Gasteiger partial charge in [-0.15, -0.1) is 23.5 Å². The van der Waals surface area contributed by atoms with Crippen molar-refractivity contribution in [1.29, 1.82) is 0 Å². The molecule has 4 rings (SSSR count). The van der Waals surface area contributed by atoms with Gasteiger partial charge in [-0.2, -0.15) is 0 Å². The number of rotatable bonds is 6. The largest absolute Gasteiger partial charge is 0.493 e. The number of nitrogens with one attached hydrogen (secondary N) is 4. The molecule has 28 heavy (non-hydrogen) atoms. The van der Waals surface area contributed by atoms with E-state index in [1.54, 1.807) is 14.2 Å². The van der Waals surface area contributed by atoms with E-state index in [4.69, 9.17) is 9.47 Å². The molecule has 0 saturated carbocycles. The van der Waals surface area contributed by atoms with Gasteiger partial charge in [0.05, 0.1) is 19.6 Å². The fraction of sp³-hybridized carbons (Fsp3) is 0.684. The van der Waals surface area contributed by atoms with Gasteiger partial charge in [-0.3, -0.25) is 16.0 Å². The molecule has 6 unspecified atom stereocenters. The molecule has 0 amide bonds. The van der Waals surface area contributed by atoms with E-state index in [9.17, 15) is 0 Å². The van der Waals surface area contributed by atoms with Crippen molar-refractivity contribution in [3.05, 3.63) is 23.8 Å². The molecule has 4 N–H and O–H groups in total. The second-order valence-electron chi connectivity index (χ2n) is 7.66. The van der Waals surface area contributed by atoms with E-state index in [-0.39, 0.29) is 11.8 Å². The Morgan fingerprint density at radius 2 is 1.96 bits per heavy atom. The van der Waals surface area contributed by atoms with Crippen molar-refractivity contribution in [2.24, 2.45) is 0 Å². The van der Waals surface area contributed by atoms with E-state index in [0.717, 1.165) is 29.4 Å². The van der Waals surface area contributed by atoms with E-state index in [1.165, 1.54) is 5.56 Å². The normalized spacial score (nSPS) is 35.7. The topological polar surface area (TPSA) is 69.8 Å². The maximum Gasteiger partial charge on any atom is 0.161 e. The number of methoxy groups -OCH3 is 2. The van der Waals surface area contributed by atoms with Gasteiger partial charge in [0.2, 0.25) is 0 Å². The molecule has 3 aliphatic rings. The summed E-state index contributed by atoms with van der Waals surface area (Å²) < 4.78 is 10.8. The van der Waals surface area contributed by atoms with Crippen LogP contribution in [0.5, 0.6) is 11.5 Å². The summed E-state index contributed by atoms with van der Waals surface area (Å²) in [6, 6.07) is 7.74. The van der Waals surface area contributed by atoms with Gasteiger partial charge in [0.25, 0.3) is 0 Å². The van der Waals surface area contributed by atoms with Gasteiger partial charge in [0.15, 0.2) is 11.5 Å². The smallest absolute Gasteiger partial charge is 0.161 e. The summed E-state index contributed by atoms with van der Waals surface area (Å²) in [7, 11) is 3.35. The zero-order chi connectivity index (χ0) is 19.7. The van der Waals surface area contributed by atoms with Crippen LogP contribution >= 0.6 is 23.5 Å². The van der Waals surface area contributed by atoms with Crippen LogP contribution in [-0.4, -0.2) is 60.6 Å². The molecule has 7 nitrogen and oxygen atoms in total. The number of nitrogens with zero attached hydrogens (tertiary/aromatic N) is 1. The maximum absolute atomic E-state index is 5.45. The van der Waals surface area contributed by atoms with Crippen molar-refractivity contribution < 1.29 is 9.47 Å². The minimum Gasteiger partial charge on any atom is -0.493 e. The summed E-state index contributed by atoms with van der Waals surface area (Å²) in [5, 5.41) is 13.6. The van der Waals surface area contributed by atoms with Crippen LogP contribution in [0, 0.1) is 0 Å². The third-order valence-electron chi connectivity index (χ3n) is 5.49. The summed E-state index contributed by atoms with van der Waals surface area (Å²) in [4.78, 5) is 0. The molecule has 3 saturated heterocycles. The highest BCUT2D eigenvalue weighted by molar-refractivity contribution is 8.00. The lowest BCUT2D eigenvalue weighted by Gasteiger charge is -2.38. The SMILES string of the molecule is COc1ccc(C2NC(CSC3NC4NC(C)CC(C)N4N3)CS2)cc1OC. The molecule has 9 heteroatoms. The number of thioether (sulfide) groups is 2. The molecule has 3 heterocycles. The van der Waals surface area contributed by atoms with Crippen LogP contribution in [-0.2, 0) is 0 Å². The number of hydrogen-bond acceptors (Lipinski definition) is 9. The monoisotopic (exact) mass is 425 g/mol. The summed E-state index contributed by atoms with van der Waals surface area (Å²) >= 11 is 3.89. The molecular weight excluding hydrogens is 394 g/mol. The Morgan fingerprint density at radius 1 is 1.14 bits per heavy atom. The predicted molar refractivity (Wildman–Crippen MR) is 116 cm³/mol. The predicted octanol–water partition coefficient (Wildman–Crippen LogP) is 1.89. The van der Waals surface area contributed by atoms with E-state index in [0.29, 0.717) is 23.5 Å². The third-order valence-corrected chi connectivity index (χ3v) is 8.00. The number of hydrogen-bond donors (Lipinski definition) is 4. The Labute approximate surface area is 176 Å². The van der Waals surface area contributed by atoms with Gasteiger partial charge >= 0.3 is 0 Å². The van der Waals surface area contributed by atoms with Crippen molar-refractivity contribution in [2.75, 3.05) is 25.7 Å². The lowest BCUT2D eigenvalue weighted by Crippen LogP contribution is -2.61. The minimum absolute atomic E-state index is 0.224. The van der Waals surface area contributed by atoms with Crippen molar-refractivity contribution >= 4 is 23.5 Å². The highest BCUT2D eigenvalue weighted by Gasteiger charge is 2.39. The lowest BCUT2D eigenvalue weighted by atomic mass is 10.1. The molecule has 0 aliphatic carbocycles. The van der Waals surface area contributed by atoms with Gasteiger partial charge in [-0.1, -0.05) is 6.07 Å². The first kappa shape index (κ1) is 20.6. The molecule has 3 fully saturated rings. The molecule has 3 aliphatic heterocycles. The Kier molecular flexibility index (Phi) is 6.61. The van der Waals surface area contributed by atoms with Gasteiger partial charge in [0, 0.05) is 29.6 Å². The Morgan fingerprint density at radius 3 is 2.75 bits per heavy atom. The van der Waals surface area contributed by atoms with Crippen LogP contribution in [0.1, 0.15) is 31.2 Å². The van der Waals surface area contributed by atoms with Gasteiger partial charge in [0.1, 0.15) is 11.8 Å². The van der Waals surface area contributed by atoms with Crippen molar-refractivity contribution in [3.8, 4) is 11.5 Å². The van der Waals surface area contributed by atoms with Crippen LogP contribution in [0.15, 0.2) is 18.2 Å². The summed E-state index contributed by atoms with van der Waals surface area (Å²) in [6.07, 6.45) is 1.39. The number of ether oxygens (including phenoxy) is 2. The van der Waals surface area contributed by atoms with Crippen LogP contribution in [0.2, 0.25) is 0 Å². The van der Waals surface area contributed by atoms with Crippen molar-refractivity contribution in [3.63, 3.8) is 0 Å². The van der Waals surface area contributed by atoms with Gasteiger partial charge in [-0.25, -0.2) is 10.4 Å².